The summed E-state index contributed by atoms with van der Waals surface area (Å²) in [6, 6.07) is 0. The summed E-state index contributed by atoms with van der Waals surface area (Å²) in [5.74, 6) is -0.554. The molecule has 0 spiro atoms. The van der Waals surface area contributed by atoms with E-state index in [4.69, 9.17) is 5.73 Å². The summed E-state index contributed by atoms with van der Waals surface area (Å²) < 4.78 is 0. The Morgan fingerprint density at radius 2 is 2.21 bits per heavy atom. The lowest BCUT2D eigenvalue weighted by atomic mass is 10.4. The molecule has 0 fully saturated rings. The first-order valence-electron chi connectivity index (χ1n) is 3.95. The molecule has 0 unspecified atom stereocenters. The van der Waals surface area contributed by atoms with Crippen LogP contribution < -0.4 is 5.73 Å². The van der Waals surface area contributed by atoms with Crippen molar-refractivity contribution >= 4 is 23.2 Å². The number of hydrogen-bond donors (Lipinski definition) is 1. The zero-order chi connectivity index (χ0) is 10.7. The van der Waals surface area contributed by atoms with Gasteiger partial charge in [-0.2, -0.15) is 0 Å². The van der Waals surface area contributed by atoms with Gasteiger partial charge in [-0.3, -0.25) is 9.59 Å². The summed E-state index contributed by atoms with van der Waals surface area (Å²) in [6.45, 7) is 0. The average molecular weight is 213 g/mol. The molecule has 0 aliphatic heterocycles. The van der Waals surface area contributed by atoms with Crippen molar-refractivity contribution in [3.63, 3.8) is 0 Å². The number of carbonyl (C=O) groups excluding carboxylic acids is 2. The molecule has 1 aromatic rings. The normalized spacial score (nSPS) is 9.86. The van der Waals surface area contributed by atoms with E-state index >= 15 is 0 Å². The highest BCUT2D eigenvalue weighted by Crippen LogP contribution is 2.12. The fraction of sp³-hybridized carbons (Fsp3) is 0.375. The van der Waals surface area contributed by atoms with Crippen molar-refractivity contribution in [2.24, 2.45) is 5.73 Å². The van der Waals surface area contributed by atoms with Gasteiger partial charge in [-0.15, -0.1) is 11.3 Å². The number of rotatable bonds is 3. The summed E-state index contributed by atoms with van der Waals surface area (Å²) in [5, 5.41) is 0.609. The number of carbonyl (C=O) groups is 2. The monoisotopic (exact) mass is 213 g/mol. The molecule has 76 valence electrons. The van der Waals surface area contributed by atoms with Crippen molar-refractivity contribution in [3.8, 4) is 0 Å². The number of amides is 2. The molecule has 14 heavy (non-hydrogen) atoms. The van der Waals surface area contributed by atoms with Crippen LogP contribution in [0, 0.1) is 0 Å². The van der Waals surface area contributed by atoms with E-state index in [0.29, 0.717) is 9.88 Å². The standard InChI is InChI=1S/C8H11N3O2S/c1-11(2)7(12)3-6-10-4-5(14-6)8(9)13/h4H,3H2,1-2H3,(H2,9,13). The highest BCUT2D eigenvalue weighted by atomic mass is 32.1. The van der Waals surface area contributed by atoms with E-state index in [1.54, 1.807) is 14.1 Å². The van der Waals surface area contributed by atoms with Gasteiger partial charge in [-0.05, 0) is 0 Å². The molecule has 0 bridgehead atoms. The summed E-state index contributed by atoms with van der Waals surface area (Å²) in [7, 11) is 3.34. The Hall–Kier alpha value is -1.43. The quantitative estimate of drug-likeness (QED) is 0.760. The molecule has 0 aliphatic rings. The van der Waals surface area contributed by atoms with E-state index in [2.05, 4.69) is 4.98 Å². The van der Waals surface area contributed by atoms with E-state index in [1.807, 2.05) is 0 Å². The fourth-order valence-corrected chi connectivity index (χ4v) is 1.55. The smallest absolute Gasteiger partial charge is 0.260 e. The van der Waals surface area contributed by atoms with E-state index in [9.17, 15) is 9.59 Å². The molecule has 0 saturated heterocycles. The van der Waals surface area contributed by atoms with Gasteiger partial charge in [0, 0.05) is 14.1 Å². The van der Waals surface area contributed by atoms with Gasteiger partial charge in [0.2, 0.25) is 5.91 Å². The zero-order valence-corrected chi connectivity index (χ0v) is 8.80. The molecular formula is C8H11N3O2S. The number of likely N-dealkylation sites (N-methyl/N-ethyl adjacent to an activating group) is 1. The zero-order valence-electron chi connectivity index (χ0n) is 7.98. The number of nitrogens with zero attached hydrogens (tertiary/aromatic N) is 2. The molecule has 0 aliphatic carbocycles. The minimum atomic E-state index is -0.508. The molecule has 2 amide bonds. The SMILES string of the molecule is CN(C)C(=O)Cc1ncc(C(N)=O)s1. The average Bonchev–Trinajstić information content (AvgIpc) is 2.52. The first-order valence-corrected chi connectivity index (χ1v) is 4.77. The summed E-state index contributed by atoms with van der Waals surface area (Å²) in [4.78, 5) is 27.8. The van der Waals surface area contributed by atoms with Crippen LogP contribution >= 0.6 is 11.3 Å². The van der Waals surface area contributed by atoms with Crippen molar-refractivity contribution in [1.29, 1.82) is 0 Å². The van der Waals surface area contributed by atoms with E-state index in [0.717, 1.165) is 11.3 Å². The Balaban J connectivity index is 2.69. The third-order valence-electron chi connectivity index (χ3n) is 1.60. The third kappa shape index (κ3) is 2.53. The first-order chi connectivity index (χ1) is 6.50. The van der Waals surface area contributed by atoms with Gasteiger partial charge in [0.25, 0.3) is 5.91 Å². The highest BCUT2D eigenvalue weighted by molar-refractivity contribution is 7.13. The molecule has 6 heteroatoms. The number of hydrogen-bond acceptors (Lipinski definition) is 4. The molecule has 1 aromatic heterocycles. The Bertz CT molecular complexity index is 359. The topological polar surface area (TPSA) is 76.3 Å². The minimum Gasteiger partial charge on any atom is -0.365 e. The number of thiazole rings is 1. The Morgan fingerprint density at radius 1 is 1.57 bits per heavy atom. The fourth-order valence-electron chi connectivity index (χ4n) is 0.793. The second-order valence-corrected chi connectivity index (χ2v) is 4.06. The van der Waals surface area contributed by atoms with Crippen LogP contribution in [0.3, 0.4) is 0 Å². The van der Waals surface area contributed by atoms with Crippen LogP contribution in [-0.4, -0.2) is 35.8 Å². The van der Waals surface area contributed by atoms with Crippen molar-refractivity contribution in [2.75, 3.05) is 14.1 Å². The van der Waals surface area contributed by atoms with Gasteiger partial charge in [0.05, 0.1) is 12.6 Å². The van der Waals surface area contributed by atoms with E-state index < -0.39 is 5.91 Å². The van der Waals surface area contributed by atoms with Gasteiger partial charge in [0.15, 0.2) is 0 Å². The largest absolute Gasteiger partial charge is 0.365 e. The highest BCUT2D eigenvalue weighted by Gasteiger charge is 2.11. The van der Waals surface area contributed by atoms with Gasteiger partial charge in [-0.1, -0.05) is 0 Å². The lowest BCUT2D eigenvalue weighted by Crippen LogP contribution is -2.23. The van der Waals surface area contributed by atoms with Crippen molar-refractivity contribution in [2.45, 2.75) is 6.42 Å². The van der Waals surface area contributed by atoms with Gasteiger partial charge < -0.3 is 10.6 Å². The Kier molecular flexibility index (Phi) is 3.19. The number of primary amides is 1. The molecular weight excluding hydrogens is 202 g/mol. The predicted octanol–water partition coefficient (Wildman–Crippen LogP) is -0.127. The lowest BCUT2D eigenvalue weighted by molar-refractivity contribution is -0.127. The first kappa shape index (κ1) is 10.6. The molecule has 1 rings (SSSR count). The van der Waals surface area contributed by atoms with Gasteiger partial charge in [0.1, 0.15) is 9.88 Å². The molecule has 0 atom stereocenters. The Morgan fingerprint density at radius 3 is 2.64 bits per heavy atom. The van der Waals surface area contributed by atoms with Crippen molar-refractivity contribution < 1.29 is 9.59 Å². The molecule has 0 aromatic carbocycles. The molecule has 5 nitrogen and oxygen atoms in total. The van der Waals surface area contributed by atoms with Crippen LogP contribution in [0.1, 0.15) is 14.7 Å². The van der Waals surface area contributed by atoms with Crippen LogP contribution in [-0.2, 0) is 11.2 Å². The summed E-state index contributed by atoms with van der Waals surface area (Å²) in [6.07, 6.45) is 1.61. The number of nitrogens with two attached hydrogens (primary N) is 1. The molecule has 0 saturated carbocycles. The van der Waals surface area contributed by atoms with Gasteiger partial charge in [-0.25, -0.2) is 4.98 Å². The predicted molar refractivity (Wildman–Crippen MR) is 53.0 cm³/mol. The van der Waals surface area contributed by atoms with Crippen LogP contribution in [0.25, 0.3) is 0 Å². The van der Waals surface area contributed by atoms with E-state index in [-0.39, 0.29) is 12.3 Å². The summed E-state index contributed by atoms with van der Waals surface area (Å²) >= 11 is 1.15. The maximum absolute atomic E-state index is 11.3. The van der Waals surface area contributed by atoms with Gasteiger partial charge >= 0.3 is 0 Å². The van der Waals surface area contributed by atoms with Crippen molar-refractivity contribution in [1.82, 2.24) is 9.88 Å². The Labute approximate surface area is 85.5 Å². The maximum Gasteiger partial charge on any atom is 0.260 e. The van der Waals surface area contributed by atoms with Crippen molar-refractivity contribution in [3.05, 3.63) is 16.1 Å². The summed E-state index contributed by atoms with van der Waals surface area (Å²) in [5.41, 5.74) is 5.05. The maximum atomic E-state index is 11.3. The molecule has 2 N–H and O–H groups in total. The second kappa shape index (κ2) is 4.19. The molecule has 1 heterocycles. The molecule has 0 radical (unpaired) electrons. The number of aromatic nitrogens is 1. The van der Waals surface area contributed by atoms with E-state index in [1.165, 1.54) is 11.1 Å². The van der Waals surface area contributed by atoms with Crippen LogP contribution in [0.4, 0.5) is 0 Å². The third-order valence-corrected chi connectivity index (χ3v) is 2.61. The van der Waals surface area contributed by atoms with Crippen LogP contribution in [0.15, 0.2) is 6.20 Å². The lowest BCUT2D eigenvalue weighted by Gasteiger charge is -2.07. The second-order valence-electron chi connectivity index (χ2n) is 2.95. The van der Waals surface area contributed by atoms with Crippen LogP contribution in [0.5, 0.6) is 0 Å². The minimum absolute atomic E-state index is 0.0460. The van der Waals surface area contributed by atoms with Crippen LogP contribution in [0.2, 0.25) is 0 Å².